The van der Waals surface area contributed by atoms with Crippen molar-refractivity contribution in [1.82, 2.24) is 10.5 Å². The molecule has 0 fully saturated rings. The Balaban J connectivity index is 2.11. The number of benzene rings is 1. The summed E-state index contributed by atoms with van der Waals surface area (Å²) in [7, 11) is 0. The normalized spacial score (nSPS) is 12.1. The van der Waals surface area contributed by atoms with Gasteiger partial charge in [-0.1, -0.05) is 24.2 Å². The van der Waals surface area contributed by atoms with E-state index in [-0.39, 0.29) is 11.9 Å². The molecule has 3 N–H and O–H groups in total. The Bertz CT molecular complexity index is 560. The zero-order valence-electron chi connectivity index (χ0n) is 11.0. The zero-order valence-corrected chi connectivity index (χ0v) is 11.0. The van der Waals surface area contributed by atoms with Crippen molar-refractivity contribution < 1.29 is 9.32 Å². The smallest absolute Gasteiger partial charge is 0.273 e. The van der Waals surface area contributed by atoms with E-state index in [0.29, 0.717) is 17.1 Å². The number of aryl methyl sites for hydroxylation is 1. The number of hydrogen-bond donors (Lipinski definition) is 2. The Labute approximate surface area is 111 Å². The van der Waals surface area contributed by atoms with Gasteiger partial charge in [0.2, 0.25) is 0 Å². The number of rotatable bonds is 4. The summed E-state index contributed by atoms with van der Waals surface area (Å²) < 4.78 is 4.89. The van der Waals surface area contributed by atoms with Crippen LogP contribution in [0.5, 0.6) is 0 Å². The van der Waals surface area contributed by atoms with E-state index in [9.17, 15) is 4.79 Å². The summed E-state index contributed by atoms with van der Waals surface area (Å²) in [6, 6.07) is 9.03. The van der Waals surface area contributed by atoms with Gasteiger partial charge in [-0.2, -0.15) is 0 Å². The Morgan fingerprint density at radius 2 is 2.11 bits per heavy atom. The number of carbonyl (C=O) groups is 1. The van der Waals surface area contributed by atoms with Gasteiger partial charge in [-0.3, -0.25) is 4.79 Å². The average molecular weight is 259 g/mol. The van der Waals surface area contributed by atoms with E-state index in [1.807, 2.05) is 31.2 Å². The van der Waals surface area contributed by atoms with E-state index in [4.69, 9.17) is 10.3 Å². The maximum absolute atomic E-state index is 12.0. The first-order chi connectivity index (χ1) is 9.10. The molecule has 0 unspecified atom stereocenters. The van der Waals surface area contributed by atoms with Gasteiger partial charge in [0.15, 0.2) is 5.69 Å². The van der Waals surface area contributed by atoms with Gasteiger partial charge in [-0.05, 0) is 31.0 Å². The Kier molecular flexibility index (Phi) is 3.85. The average Bonchev–Trinajstić information content (AvgIpc) is 2.84. The molecule has 100 valence electrons. The minimum atomic E-state index is -0.236. The summed E-state index contributed by atoms with van der Waals surface area (Å²) >= 11 is 0. The molecule has 1 amide bonds. The van der Waals surface area contributed by atoms with E-state index < -0.39 is 0 Å². The topological polar surface area (TPSA) is 81.2 Å². The van der Waals surface area contributed by atoms with Crippen molar-refractivity contribution in [1.29, 1.82) is 0 Å². The number of aromatic nitrogens is 1. The molecule has 0 aliphatic rings. The van der Waals surface area contributed by atoms with Crippen LogP contribution >= 0.6 is 0 Å². The van der Waals surface area contributed by atoms with Crippen molar-refractivity contribution in [3.63, 3.8) is 0 Å². The van der Waals surface area contributed by atoms with E-state index in [0.717, 1.165) is 12.0 Å². The molecule has 1 heterocycles. The van der Waals surface area contributed by atoms with E-state index in [1.54, 1.807) is 13.0 Å². The summed E-state index contributed by atoms with van der Waals surface area (Å²) in [5, 5.41) is 6.63. The van der Waals surface area contributed by atoms with Crippen LogP contribution < -0.4 is 11.1 Å². The third-order valence-corrected chi connectivity index (χ3v) is 2.91. The van der Waals surface area contributed by atoms with Gasteiger partial charge in [0.25, 0.3) is 5.91 Å². The molecule has 0 saturated carbocycles. The van der Waals surface area contributed by atoms with Crippen molar-refractivity contribution in [3.8, 4) is 0 Å². The Morgan fingerprint density at radius 1 is 1.42 bits per heavy atom. The van der Waals surface area contributed by atoms with Crippen molar-refractivity contribution in [2.75, 3.05) is 5.73 Å². The molecule has 0 bridgehead atoms. The van der Waals surface area contributed by atoms with Gasteiger partial charge >= 0.3 is 0 Å². The van der Waals surface area contributed by atoms with Crippen LogP contribution in [0.4, 0.5) is 5.69 Å². The van der Waals surface area contributed by atoms with Crippen LogP contribution in [0, 0.1) is 6.92 Å². The molecular weight excluding hydrogens is 242 g/mol. The predicted molar refractivity (Wildman–Crippen MR) is 72.6 cm³/mol. The minimum Gasteiger partial charge on any atom is -0.399 e. The summed E-state index contributed by atoms with van der Waals surface area (Å²) in [4.78, 5) is 12.0. The monoisotopic (exact) mass is 259 g/mol. The number of nitrogens with two attached hydrogens (primary N) is 1. The quantitative estimate of drug-likeness (QED) is 0.826. The third-order valence-electron chi connectivity index (χ3n) is 2.91. The highest BCUT2D eigenvalue weighted by Crippen LogP contribution is 2.18. The number of nitrogens with zero attached hydrogens (tertiary/aromatic N) is 1. The standard InChI is InChI=1S/C14H17N3O2/c1-3-12(10-4-6-11(15)7-5-10)16-14(18)13-8-9(2)19-17-13/h4-8,12H,3,15H2,1-2H3,(H,16,18)/t12-/m1/s1. The fourth-order valence-corrected chi connectivity index (χ4v) is 1.86. The molecule has 5 nitrogen and oxygen atoms in total. The summed E-state index contributed by atoms with van der Waals surface area (Å²) in [5.41, 5.74) is 7.68. The maximum atomic E-state index is 12.0. The lowest BCUT2D eigenvalue weighted by atomic mass is 10.0. The first kappa shape index (κ1) is 13.1. The van der Waals surface area contributed by atoms with E-state index >= 15 is 0 Å². The molecule has 1 aromatic heterocycles. The van der Waals surface area contributed by atoms with Crippen LogP contribution in [0.3, 0.4) is 0 Å². The largest absolute Gasteiger partial charge is 0.399 e. The van der Waals surface area contributed by atoms with Crippen LogP contribution in [0.2, 0.25) is 0 Å². The molecule has 2 aromatic rings. The summed E-state index contributed by atoms with van der Waals surface area (Å²) in [6.07, 6.45) is 0.784. The van der Waals surface area contributed by atoms with Gasteiger partial charge in [0.05, 0.1) is 6.04 Å². The Hall–Kier alpha value is -2.30. The zero-order chi connectivity index (χ0) is 13.8. The van der Waals surface area contributed by atoms with Gasteiger partial charge < -0.3 is 15.6 Å². The van der Waals surface area contributed by atoms with Crippen molar-refractivity contribution in [3.05, 3.63) is 47.3 Å². The van der Waals surface area contributed by atoms with Crippen LogP contribution in [-0.4, -0.2) is 11.1 Å². The second-order valence-electron chi connectivity index (χ2n) is 4.42. The molecule has 0 saturated heterocycles. The molecule has 0 radical (unpaired) electrons. The lowest BCUT2D eigenvalue weighted by Gasteiger charge is -2.16. The van der Waals surface area contributed by atoms with Crippen LogP contribution in [-0.2, 0) is 0 Å². The number of hydrogen-bond acceptors (Lipinski definition) is 4. The number of nitrogen functional groups attached to an aromatic ring is 1. The first-order valence-corrected chi connectivity index (χ1v) is 6.19. The molecule has 1 atom stereocenters. The predicted octanol–water partition coefficient (Wildman–Crippen LogP) is 2.45. The molecule has 0 spiro atoms. The van der Waals surface area contributed by atoms with Gasteiger partial charge in [0.1, 0.15) is 5.76 Å². The molecule has 2 rings (SSSR count). The van der Waals surface area contributed by atoms with Crippen molar-refractivity contribution in [2.45, 2.75) is 26.3 Å². The van der Waals surface area contributed by atoms with Gasteiger partial charge in [-0.25, -0.2) is 0 Å². The molecule has 19 heavy (non-hydrogen) atoms. The third kappa shape index (κ3) is 3.13. The fraction of sp³-hybridized carbons (Fsp3) is 0.286. The first-order valence-electron chi connectivity index (χ1n) is 6.19. The second-order valence-corrected chi connectivity index (χ2v) is 4.42. The minimum absolute atomic E-state index is 0.0647. The van der Waals surface area contributed by atoms with Crippen molar-refractivity contribution >= 4 is 11.6 Å². The van der Waals surface area contributed by atoms with Crippen LogP contribution in [0.25, 0.3) is 0 Å². The van der Waals surface area contributed by atoms with Gasteiger partial charge in [-0.15, -0.1) is 0 Å². The van der Waals surface area contributed by atoms with E-state index in [1.165, 1.54) is 0 Å². The molecule has 5 heteroatoms. The highest BCUT2D eigenvalue weighted by Gasteiger charge is 2.16. The maximum Gasteiger partial charge on any atom is 0.273 e. The second kappa shape index (κ2) is 5.56. The number of carbonyl (C=O) groups excluding carboxylic acids is 1. The molecular formula is C14H17N3O2. The summed E-state index contributed by atoms with van der Waals surface area (Å²) in [5.74, 6) is 0.381. The molecule has 1 aromatic carbocycles. The number of anilines is 1. The number of nitrogens with one attached hydrogen (secondary N) is 1. The molecule has 0 aliphatic heterocycles. The molecule has 0 aliphatic carbocycles. The van der Waals surface area contributed by atoms with E-state index in [2.05, 4.69) is 10.5 Å². The lowest BCUT2D eigenvalue weighted by molar-refractivity contribution is 0.0926. The Morgan fingerprint density at radius 3 is 2.63 bits per heavy atom. The fourth-order valence-electron chi connectivity index (χ4n) is 1.86. The van der Waals surface area contributed by atoms with Crippen LogP contribution in [0.1, 0.15) is 41.2 Å². The van der Waals surface area contributed by atoms with Crippen molar-refractivity contribution in [2.24, 2.45) is 0 Å². The lowest BCUT2D eigenvalue weighted by Crippen LogP contribution is -2.28. The number of amides is 1. The van der Waals surface area contributed by atoms with Crippen LogP contribution in [0.15, 0.2) is 34.9 Å². The van der Waals surface area contributed by atoms with Gasteiger partial charge in [0, 0.05) is 11.8 Å². The highest BCUT2D eigenvalue weighted by atomic mass is 16.5. The highest BCUT2D eigenvalue weighted by molar-refractivity contribution is 5.92. The SMILES string of the molecule is CC[C@@H](NC(=O)c1cc(C)on1)c1ccc(N)cc1. The summed E-state index contributed by atoms with van der Waals surface area (Å²) in [6.45, 7) is 3.76.